The van der Waals surface area contributed by atoms with Crippen LogP contribution in [0, 0.1) is 5.92 Å². The molecule has 1 amide bonds. The molecular formula is C8H15NO3. The topological polar surface area (TPSA) is 60.8 Å². The van der Waals surface area contributed by atoms with Gasteiger partial charge in [0.15, 0.2) is 0 Å². The smallest absolute Gasteiger partial charge is 0.225 e. The molecule has 0 bridgehead atoms. The molecule has 0 aromatic carbocycles. The first kappa shape index (κ1) is 9.48. The van der Waals surface area contributed by atoms with Gasteiger partial charge in [0.25, 0.3) is 0 Å². The lowest BCUT2D eigenvalue weighted by Crippen LogP contribution is -2.28. The highest BCUT2D eigenvalue weighted by molar-refractivity contribution is 5.78. The molecular weight excluding hydrogens is 158 g/mol. The Hall–Kier alpha value is -0.610. The normalized spacial score (nSPS) is 35.2. The van der Waals surface area contributed by atoms with Crippen molar-refractivity contribution in [3.63, 3.8) is 0 Å². The van der Waals surface area contributed by atoms with Crippen LogP contribution in [0.15, 0.2) is 0 Å². The molecule has 4 nitrogen and oxygen atoms in total. The van der Waals surface area contributed by atoms with Crippen molar-refractivity contribution in [1.29, 1.82) is 0 Å². The molecule has 0 aromatic rings. The van der Waals surface area contributed by atoms with E-state index >= 15 is 0 Å². The second-order valence-electron chi connectivity index (χ2n) is 3.54. The maximum atomic E-state index is 11.3. The standard InChI is InChI=1S/C8H15NO3/c1-9(2)8(12)5-3-6(10)7(11)4-5/h5-7,10-11H,3-4H2,1-2H3/t5?,6-,7+. The van der Waals surface area contributed by atoms with Gasteiger partial charge in [0.2, 0.25) is 5.91 Å². The Morgan fingerprint density at radius 3 is 2.00 bits per heavy atom. The third-order valence-electron chi connectivity index (χ3n) is 2.29. The van der Waals surface area contributed by atoms with E-state index in [0.29, 0.717) is 12.8 Å². The molecule has 4 heteroatoms. The molecule has 12 heavy (non-hydrogen) atoms. The summed E-state index contributed by atoms with van der Waals surface area (Å²) in [5.74, 6) is -0.212. The van der Waals surface area contributed by atoms with Gasteiger partial charge < -0.3 is 15.1 Å². The lowest BCUT2D eigenvalue weighted by atomic mass is 10.1. The lowest BCUT2D eigenvalue weighted by Gasteiger charge is -2.14. The van der Waals surface area contributed by atoms with Crippen LogP contribution >= 0.6 is 0 Å². The van der Waals surface area contributed by atoms with Gasteiger partial charge in [-0.15, -0.1) is 0 Å². The molecule has 70 valence electrons. The summed E-state index contributed by atoms with van der Waals surface area (Å²) in [5, 5.41) is 18.4. The van der Waals surface area contributed by atoms with Crippen LogP contribution < -0.4 is 0 Å². The number of hydrogen-bond donors (Lipinski definition) is 2. The van der Waals surface area contributed by atoms with E-state index in [4.69, 9.17) is 0 Å². The molecule has 0 saturated heterocycles. The molecule has 1 fully saturated rings. The highest BCUT2D eigenvalue weighted by Gasteiger charge is 2.36. The third-order valence-corrected chi connectivity index (χ3v) is 2.29. The molecule has 0 aromatic heterocycles. The van der Waals surface area contributed by atoms with Gasteiger partial charge >= 0.3 is 0 Å². The third kappa shape index (κ3) is 1.76. The number of amides is 1. The van der Waals surface area contributed by atoms with Crippen molar-refractivity contribution >= 4 is 5.91 Å². The number of carbonyl (C=O) groups is 1. The van der Waals surface area contributed by atoms with E-state index in [1.807, 2.05) is 0 Å². The Morgan fingerprint density at radius 2 is 1.67 bits per heavy atom. The Labute approximate surface area is 71.8 Å². The fourth-order valence-corrected chi connectivity index (χ4v) is 1.56. The summed E-state index contributed by atoms with van der Waals surface area (Å²) in [5.41, 5.74) is 0. The minimum Gasteiger partial charge on any atom is -0.390 e. The monoisotopic (exact) mass is 173 g/mol. The fourth-order valence-electron chi connectivity index (χ4n) is 1.56. The molecule has 0 heterocycles. The van der Waals surface area contributed by atoms with Crippen molar-refractivity contribution in [1.82, 2.24) is 4.90 Å². The van der Waals surface area contributed by atoms with E-state index in [1.54, 1.807) is 14.1 Å². The first-order valence-electron chi connectivity index (χ1n) is 4.09. The molecule has 0 spiro atoms. The average Bonchev–Trinajstić information content (AvgIpc) is 2.30. The zero-order valence-electron chi connectivity index (χ0n) is 7.40. The van der Waals surface area contributed by atoms with E-state index in [-0.39, 0.29) is 11.8 Å². The van der Waals surface area contributed by atoms with Crippen molar-refractivity contribution in [2.24, 2.45) is 5.92 Å². The summed E-state index contributed by atoms with van der Waals surface area (Å²) >= 11 is 0. The van der Waals surface area contributed by atoms with E-state index in [2.05, 4.69) is 0 Å². The van der Waals surface area contributed by atoms with Crippen LogP contribution in [0.4, 0.5) is 0 Å². The van der Waals surface area contributed by atoms with E-state index in [9.17, 15) is 15.0 Å². The molecule has 1 rings (SSSR count). The van der Waals surface area contributed by atoms with Gasteiger partial charge in [0, 0.05) is 20.0 Å². The average molecular weight is 173 g/mol. The molecule has 1 aliphatic carbocycles. The summed E-state index contributed by atoms with van der Waals surface area (Å²) in [7, 11) is 3.36. The van der Waals surface area contributed by atoms with E-state index in [1.165, 1.54) is 4.90 Å². The summed E-state index contributed by atoms with van der Waals surface area (Å²) in [6.07, 6.45) is -0.672. The highest BCUT2D eigenvalue weighted by atomic mass is 16.3. The Morgan fingerprint density at radius 1 is 1.25 bits per heavy atom. The van der Waals surface area contributed by atoms with Crippen LogP contribution in [0.5, 0.6) is 0 Å². The van der Waals surface area contributed by atoms with Crippen molar-refractivity contribution in [2.75, 3.05) is 14.1 Å². The van der Waals surface area contributed by atoms with Gasteiger partial charge in [-0.25, -0.2) is 0 Å². The predicted molar refractivity (Wildman–Crippen MR) is 43.4 cm³/mol. The number of aliphatic hydroxyl groups excluding tert-OH is 2. The Bertz CT molecular complexity index is 171. The van der Waals surface area contributed by atoms with Crippen molar-refractivity contribution in [3.8, 4) is 0 Å². The fraction of sp³-hybridized carbons (Fsp3) is 0.875. The SMILES string of the molecule is CN(C)C(=O)C1C[C@@H](O)[C@@H](O)C1. The second kappa shape index (κ2) is 3.41. The number of rotatable bonds is 1. The minimum absolute atomic E-state index is 0.00870. The van der Waals surface area contributed by atoms with Crippen LogP contribution in [0.3, 0.4) is 0 Å². The number of aliphatic hydroxyl groups is 2. The minimum atomic E-state index is -0.723. The maximum absolute atomic E-state index is 11.3. The zero-order chi connectivity index (χ0) is 9.30. The van der Waals surface area contributed by atoms with Crippen LogP contribution in [0.1, 0.15) is 12.8 Å². The number of nitrogens with zero attached hydrogens (tertiary/aromatic N) is 1. The molecule has 1 saturated carbocycles. The van der Waals surface area contributed by atoms with Gasteiger partial charge in [-0.1, -0.05) is 0 Å². The van der Waals surface area contributed by atoms with Gasteiger partial charge in [0.05, 0.1) is 12.2 Å². The van der Waals surface area contributed by atoms with Crippen LogP contribution in [-0.2, 0) is 4.79 Å². The van der Waals surface area contributed by atoms with E-state index in [0.717, 1.165) is 0 Å². The first-order chi connectivity index (χ1) is 5.52. The van der Waals surface area contributed by atoms with Crippen LogP contribution in [0.25, 0.3) is 0 Å². The molecule has 0 radical (unpaired) electrons. The summed E-state index contributed by atoms with van der Waals surface area (Å²) in [6, 6.07) is 0. The predicted octanol–water partition coefficient (Wildman–Crippen LogP) is -0.794. The van der Waals surface area contributed by atoms with E-state index < -0.39 is 12.2 Å². The highest BCUT2D eigenvalue weighted by Crippen LogP contribution is 2.26. The van der Waals surface area contributed by atoms with Gasteiger partial charge in [0.1, 0.15) is 0 Å². The molecule has 2 N–H and O–H groups in total. The Kier molecular flexibility index (Phi) is 2.69. The second-order valence-corrected chi connectivity index (χ2v) is 3.54. The zero-order valence-corrected chi connectivity index (χ0v) is 7.40. The molecule has 3 atom stereocenters. The summed E-state index contributed by atoms with van der Waals surface area (Å²) in [6.45, 7) is 0. The van der Waals surface area contributed by atoms with Crippen molar-refractivity contribution in [3.05, 3.63) is 0 Å². The number of hydrogen-bond acceptors (Lipinski definition) is 3. The van der Waals surface area contributed by atoms with Crippen LogP contribution in [-0.4, -0.2) is 47.3 Å². The quantitative estimate of drug-likeness (QED) is 0.546. The number of carbonyl (C=O) groups excluding carboxylic acids is 1. The Balaban J connectivity index is 2.52. The van der Waals surface area contributed by atoms with Crippen LogP contribution in [0.2, 0.25) is 0 Å². The largest absolute Gasteiger partial charge is 0.390 e. The van der Waals surface area contributed by atoms with Gasteiger partial charge in [-0.05, 0) is 12.8 Å². The lowest BCUT2D eigenvalue weighted by molar-refractivity contribution is -0.133. The first-order valence-corrected chi connectivity index (χ1v) is 4.09. The van der Waals surface area contributed by atoms with Crippen molar-refractivity contribution < 1.29 is 15.0 Å². The van der Waals surface area contributed by atoms with Crippen molar-refractivity contribution in [2.45, 2.75) is 25.0 Å². The molecule has 1 unspecified atom stereocenters. The molecule has 0 aliphatic heterocycles. The maximum Gasteiger partial charge on any atom is 0.225 e. The van der Waals surface area contributed by atoms with Gasteiger partial charge in [-0.3, -0.25) is 4.79 Å². The summed E-state index contributed by atoms with van der Waals surface area (Å²) < 4.78 is 0. The molecule has 1 aliphatic rings. The van der Waals surface area contributed by atoms with Gasteiger partial charge in [-0.2, -0.15) is 0 Å². The summed E-state index contributed by atoms with van der Waals surface area (Å²) in [4.78, 5) is 12.8.